The van der Waals surface area contributed by atoms with Crippen molar-refractivity contribution >= 4 is 35.4 Å². The van der Waals surface area contributed by atoms with E-state index in [9.17, 15) is 29.3 Å². The standard InChI is InChI=1S/C57H55N5O10/c1-69-49-33-27-46(28-34-49)57(44-20-10-4-11-21-44,45-22-12-5-13-23-45)58-37-15-14-24-51(60-54(64)52(38-41-16-6-2-7-17-41)61-55(65)70-39-42-18-8-3-9-19-42)53(63)59-47-29-25-43(26-30-47)40-71-56(66)72-50-35-31-48(32-36-50)62(67)68/h2-13,16-23,25-36,51-52,58H,14-15,24,37-40H2,1H3,(H,59,63)(H,60,64)(H,61,65)/t51-,52-/m0/s1. The molecular weight excluding hydrogens is 915 g/mol. The van der Waals surface area contributed by atoms with Crippen molar-refractivity contribution in [2.45, 2.75) is 56.5 Å². The van der Waals surface area contributed by atoms with E-state index in [1.54, 1.807) is 31.4 Å². The van der Waals surface area contributed by atoms with Gasteiger partial charge in [-0.05, 0) is 95.6 Å². The molecule has 0 bridgehead atoms. The van der Waals surface area contributed by atoms with Gasteiger partial charge in [-0.3, -0.25) is 25.0 Å². The maximum absolute atomic E-state index is 14.3. The van der Waals surface area contributed by atoms with Gasteiger partial charge in [-0.15, -0.1) is 0 Å². The van der Waals surface area contributed by atoms with E-state index in [4.69, 9.17) is 18.9 Å². The third-order valence-corrected chi connectivity index (χ3v) is 11.8. The lowest BCUT2D eigenvalue weighted by atomic mass is 9.77. The predicted octanol–water partition coefficient (Wildman–Crippen LogP) is 10.0. The number of carbonyl (C=O) groups is 4. The van der Waals surface area contributed by atoms with Gasteiger partial charge < -0.3 is 34.9 Å². The number of hydrogen-bond donors (Lipinski definition) is 4. The second-order valence-corrected chi connectivity index (χ2v) is 16.7. The van der Waals surface area contributed by atoms with Crippen LogP contribution in [0.1, 0.15) is 52.6 Å². The number of anilines is 1. The van der Waals surface area contributed by atoms with E-state index in [1.807, 2.05) is 109 Å². The Morgan fingerprint density at radius 1 is 0.556 bits per heavy atom. The van der Waals surface area contributed by atoms with E-state index in [-0.39, 0.29) is 37.5 Å². The molecule has 72 heavy (non-hydrogen) atoms. The summed E-state index contributed by atoms with van der Waals surface area (Å²) in [6.07, 6.45) is -0.312. The van der Waals surface area contributed by atoms with Gasteiger partial charge in [0.25, 0.3) is 5.69 Å². The Morgan fingerprint density at radius 3 is 1.67 bits per heavy atom. The number of nitrogens with one attached hydrogen (secondary N) is 4. The summed E-state index contributed by atoms with van der Waals surface area (Å²) in [5, 5.41) is 23.4. The molecule has 4 N–H and O–H groups in total. The first-order chi connectivity index (χ1) is 35.1. The fraction of sp³-hybridized carbons (Fsp3) is 0.193. The number of nitrogens with zero attached hydrogens (tertiary/aromatic N) is 1. The Bertz CT molecular complexity index is 2800. The molecule has 0 aromatic heterocycles. The molecular formula is C57H55N5O10. The zero-order chi connectivity index (χ0) is 50.5. The summed E-state index contributed by atoms with van der Waals surface area (Å²) in [4.78, 5) is 64.6. The molecule has 15 heteroatoms. The van der Waals surface area contributed by atoms with Crippen LogP contribution in [0.15, 0.2) is 194 Å². The summed E-state index contributed by atoms with van der Waals surface area (Å²) >= 11 is 0. The van der Waals surface area contributed by atoms with Gasteiger partial charge in [0.2, 0.25) is 11.8 Å². The molecule has 0 saturated carbocycles. The van der Waals surface area contributed by atoms with Crippen LogP contribution < -0.4 is 30.7 Å². The molecule has 0 aliphatic carbocycles. The second kappa shape index (κ2) is 25.7. The summed E-state index contributed by atoms with van der Waals surface area (Å²) in [6, 6.07) is 56.2. The second-order valence-electron chi connectivity index (χ2n) is 16.7. The van der Waals surface area contributed by atoms with Crippen LogP contribution in [0.5, 0.6) is 11.5 Å². The molecule has 0 heterocycles. The minimum absolute atomic E-state index is 0.00308. The number of nitro benzene ring substituents is 1. The lowest BCUT2D eigenvalue weighted by Gasteiger charge is -2.37. The summed E-state index contributed by atoms with van der Waals surface area (Å²) < 4.78 is 21.4. The number of rotatable bonds is 23. The van der Waals surface area contributed by atoms with Gasteiger partial charge in [0.1, 0.15) is 36.8 Å². The average molecular weight is 970 g/mol. The van der Waals surface area contributed by atoms with Crippen molar-refractivity contribution < 1.29 is 43.0 Å². The quantitative estimate of drug-likeness (QED) is 0.0119. The minimum Gasteiger partial charge on any atom is -0.497 e. The van der Waals surface area contributed by atoms with Crippen LogP contribution in [-0.2, 0) is 44.2 Å². The number of nitro groups is 1. The first-order valence-electron chi connectivity index (χ1n) is 23.4. The lowest BCUT2D eigenvalue weighted by Crippen LogP contribution is -2.53. The van der Waals surface area contributed by atoms with Gasteiger partial charge in [-0.2, -0.15) is 0 Å². The summed E-state index contributed by atoms with van der Waals surface area (Å²) in [6.45, 7) is 0.357. The molecule has 2 atom stereocenters. The normalized spacial score (nSPS) is 11.8. The van der Waals surface area contributed by atoms with E-state index >= 15 is 0 Å². The highest BCUT2D eigenvalue weighted by Gasteiger charge is 2.36. The maximum Gasteiger partial charge on any atom is 0.514 e. The van der Waals surface area contributed by atoms with Gasteiger partial charge in [-0.25, -0.2) is 9.59 Å². The Labute approximate surface area is 417 Å². The van der Waals surface area contributed by atoms with E-state index in [0.717, 1.165) is 33.6 Å². The fourth-order valence-electron chi connectivity index (χ4n) is 8.10. The average Bonchev–Trinajstić information content (AvgIpc) is 3.42. The number of alkyl carbamates (subject to hydrolysis) is 1. The minimum atomic E-state index is -1.10. The van der Waals surface area contributed by atoms with Gasteiger partial charge >= 0.3 is 12.2 Å². The number of hydrogen-bond acceptors (Lipinski definition) is 11. The SMILES string of the molecule is COc1ccc(C(NCCCC[C@H](NC(=O)[C@H](Cc2ccccc2)NC(=O)OCc2ccccc2)C(=O)Nc2ccc(COC(=O)Oc3ccc([N+](=O)[O-])cc3)cc2)(c2ccccc2)c2ccccc2)cc1. The molecule has 7 aromatic rings. The van der Waals surface area contributed by atoms with Crippen molar-refractivity contribution in [1.82, 2.24) is 16.0 Å². The monoisotopic (exact) mass is 969 g/mol. The van der Waals surface area contributed by atoms with Crippen LogP contribution in [0.25, 0.3) is 0 Å². The Hall–Kier alpha value is -8.82. The van der Waals surface area contributed by atoms with Crippen LogP contribution >= 0.6 is 0 Å². The van der Waals surface area contributed by atoms with Crippen LogP contribution in [0, 0.1) is 10.1 Å². The molecule has 7 aromatic carbocycles. The van der Waals surface area contributed by atoms with Crippen molar-refractivity contribution in [3.8, 4) is 11.5 Å². The molecule has 7 rings (SSSR count). The molecule has 368 valence electrons. The molecule has 15 nitrogen and oxygen atoms in total. The Kier molecular flexibility index (Phi) is 18.2. The Balaban J connectivity index is 1.06. The molecule has 3 amide bonds. The van der Waals surface area contributed by atoms with Crippen molar-refractivity contribution in [1.29, 1.82) is 0 Å². The molecule has 0 aliphatic heterocycles. The van der Waals surface area contributed by atoms with E-state index in [2.05, 4.69) is 57.7 Å². The molecule has 0 unspecified atom stereocenters. The van der Waals surface area contributed by atoms with Gasteiger partial charge in [0.05, 0.1) is 17.6 Å². The predicted molar refractivity (Wildman–Crippen MR) is 272 cm³/mol. The fourth-order valence-corrected chi connectivity index (χ4v) is 8.10. The highest BCUT2D eigenvalue weighted by Crippen LogP contribution is 2.37. The van der Waals surface area contributed by atoms with Crippen molar-refractivity contribution in [2.75, 3.05) is 19.0 Å². The Morgan fingerprint density at radius 2 is 1.08 bits per heavy atom. The zero-order valence-corrected chi connectivity index (χ0v) is 39.6. The number of unbranched alkanes of at least 4 members (excludes halogenated alkanes) is 1. The van der Waals surface area contributed by atoms with E-state index < -0.39 is 46.6 Å². The molecule has 0 aliphatic rings. The molecule has 0 radical (unpaired) electrons. The van der Waals surface area contributed by atoms with Crippen LogP contribution in [0.2, 0.25) is 0 Å². The maximum atomic E-state index is 14.3. The first kappa shape index (κ1) is 51.0. The van der Waals surface area contributed by atoms with E-state index in [1.165, 1.54) is 24.3 Å². The smallest absolute Gasteiger partial charge is 0.497 e. The third-order valence-electron chi connectivity index (χ3n) is 11.8. The molecule has 0 spiro atoms. The number of ether oxygens (including phenoxy) is 4. The number of amides is 3. The zero-order valence-electron chi connectivity index (χ0n) is 39.6. The highest BCUT2D eigenvalue weighted by atomic mass is 16.7. The third kappa shape index (κ3) is 14.4. The molecule has 0 saturated heterocycles. The topological polar surface area (TPSA) is 196 Å². The number of benzene rings is 7. The van der Waals surface area contributed by atoms with Gasteiger partial charge in [-0.1, -0.05) is 146 Å². The van der Waals surface area contributed by atoms with Crippen molar-refractivity contribution in [3.05, 3.63) is 238 Å². The van der Waals surface area contributed by atoms with Crippen molar-refractivity contribution in [3.63, 3.8) is 0 Å². The first-order valence-corrected chi connectivity index (χ1v) is 23.4. The number of methoxy groups -OCH3 is 1. The van der Waals surface area contributed by atoms with Crippen LogP contribution in [0.4, 0.5) is 21.0 Å². The largest absolute Gasteiger partial charge is 0.514 e. The van der Waals surface area contributed by atoms with Gasteiger partial charge in [0, 0.05) is 24.2 Å². The number of carbonyl (C=O) groups excluding carboxylic acids is 4. The summed E-state index contributed by atoms with van der Waals surface area (Å²) in [5.74, 6) is -0.254. The van der Waals surface area contributed by atoms with Crippen LogP contribution in [0.3, 0.4) is 0 Å². The number of non-ortho nitro benzene ring substituents is 1. The van der Waals surface area contributed by atoms with Gasteiger partial charge in [0.15, 0.2) is 0 Å². The summed E-state index contributed by atoms with van der Waals surface area (Å²) in [5.41, 5.74) is 4.72. The van der Waals surface area contributed by atoms with Crippen LogP contribution in [-0.4, -0.2) is 54.7 Å². The lowest BCUT2D eigenvalue weighted by molar-refractivity contribution is -0.384. The van der Waals surface area contributed by atoms with E-state index in [0.29, 0.717) is 30.6 Å². The van der Waals surface area contributed by atoms with Crippen molar-refractivity contribution in [2.24, 2.45) is 0 Å². The molecule has 0 fully saturated rings. The highest BCUT2D eigenvalue weighted by molar-refractivity contribution is 5.98. The summed E-state index contributed by atoms with van der Waals surface area (Å²) in [7, 11) is 1.63.